The number of rotatable bonds is 10. The second-order valence-corrected chi connectivity index (χ2v) is 10.7. The maximum atomic E-state index is 13.4. The Morgan fingerprint density at radius 1 is 0.865 bits per heavy atom. The van der Waals surface area contributed by atoms with Crippen LogP contribution < -0.4 is 16.1 Å². The summed E-state index contributed by atoms with van der Waals surface area (Å²) in [5.74, 6) is 0. The fraction of sp³-hybridized carbons (Fsp3) is 0.290. The van der Waals surface area contributed by atoms with Gasteiger partial charge in [0.05, 0.1) is 10.9 Å². The predicted molar refractivity (Wildman–Crippen MR) is 161 cm³/mol. The van der Waals surface area contributed by atoms with E-state index >= 15 is 0 Å². The summed E-state index contributed by atoms with van der Waals surface area (Å²) < 4.78 is 2.11. The van der Waals surface area contributed by atoms with Gasteiger partial charge in [-0.1, -0.05) is 37.3 Å². The number of benzene rings is 3. The van der Waals surface area contributed by atoms with Crippen molar-refractivity contribution in [3.63, 3.8) is 0 Å². The van der Waals surface area contributed by atoms with Gasteiger partial charge in [-0.2, -0.15) is 0 Å². The number of hydrogen-bond donors (Lipinski definition) is 2. The van der Waals surface area contributed by atoms with Crippen molar-refractivity contribution in [2.75, 3.05) is 43.4 Å². The van der Waals surface area contributed by atoms with Crippen LogP contribution >= 0.6 is 11.3 Å². The predicted octanol–water partition coefficient (Wildman–Crippen LogP) is 6.82. The van der Waals surface area contributed by atoms with Gasteiger partial charge in [0, 0.05) is 63.9 Å². The number of hydrogen-bond acceptors (Lipinski definition) is 6. The third-order valence-corrected chi connectivity index (χ3v) is 8.16. The zero-order valence-electron chi connectivity index (χ0n) is 21.8. The summed E-state index contributed by atoms with van der Waals surface area (Å²) in [6.45, 7) is 10.9. The summed E-state index contributed by atoms with van der Waals surface area (Å²) in [6.07, 6.45) is 2.97. The van der Waals surface area contributed by atoms with E-state index in [9.17, 15) is 4.79 Å². The Kier molecular flexibility index (Phi) is 7.68. The lowest BCUT2D eigenvalue weighted by atomic mass is 10.1. The van der Waals surface area contributed by atoms with Gasteiger partial charge in [0.15, 0.2) is 5.43 Å². The molecule has 0 saturated heterocycles. The molecular weight excluding hydrogens is 476 g/mol. The molecule has 0 unspecified atom stereocenters. The monoisotopic (exact) mass is 510 g/mol. The summed E-state index contributed by atoms with van der Waals surface area (Å²) in [5.41, 5.74) is 5.56. The minimum absolute atomic E-state index is 0.116. The van der Waals surface area contributed by atoms with Crippen LogP contribution in [0.1, 0.15) is 24.5 Å². The molecule has 0 fully saturated rings. The van der Waals surface area contributed by atoms with Crippen molar-refractivity contribution in [2.45, 2.75) is 27.2 Å². The molecule has 6 heteroatoms. The summed E-state index contributed by atoms with van der Waals surface area (Å²) in [4.78, 5) is 20.4. The van der Waals surface area contributed by atoms with Gasteiger partial charge in [0.1, 0.15) is 0 Å². The highest BCUT2D eigenvalue weighted by Crippen LogP contribution is 2.31. The third-order valence-electron chi connectivity index (χ3n) is 6.85. The molecule has 0 amide bonds. The zero-order valence-corrected chi connectivity index (χ0v) is 22.6. The van der Waals surface area contributed by atoms with E-state index in [0.717, 1.165) is 87.2 Å². The van der Waals surface area contributed by atoms with Gasteiger partial charge in [-0.25, -0.2) is 0 Å². The highest BCUT2D eigenvalue weighted by atomic mass is 32.1. The number of aromatic nitrogens is 1. The molecule has 5 nitrogen and oxygen atoms in total. The topological polar surface area (TPSA) is 57.3 Å². The van der Waals surface area contributed by atoms with Crippen molar-refractivity contribution < 1.29 is 0 Å². The van der Waals surface area contributed by atoms with Crippen LogP contribution in [0, 0.1) is 13.8 Å². The van der Waals surface area contributed by atoms with Crippen LogP contribution in [0.5, 0.6) is 0 Å². The molecule has 0 spiro atoms. The lowest BCUT2D eigenvalue weighted by Gasteiger charge is -2.23. The van der Waals surface area contributed by atoms with Crippen LogP contribution in [0.3, 0.4) is 0 Å². The zero-order chi connectivity index (χ0) is 25.8. The number of anilines is 2. The van der Waals surface area contributed by atoms with Crippen LogP contribution in [0.2, 0.25) is 0 Å². The van der Waals surface area contributed by atoms with Crippen molar-refractivity contribution in [2.24, 2.45) is 0 Å². The molecule has 0 bridgehead atoms. The molecule has 0 saturated carbocycles. The van der Waals surface area contributed by atoms with Gasteiger partial charge in [-0.15, -0.1) is 11.3 Å². The van der Waals surface area contributed by atoms with E-state index in [1.165, 1.54) is 5.56 Å². The lowest BCUT2D eigenvalue weighted by Crippen LogP contribution is -2.34. The minimum atomic E-state index is 0.116. The largest absolute Gasteiger partial charge is 0.383 e. The first-order chi connectivity index (χ1) is 18.0. The quantitative estimate of drug-likeness (QED) is 0.202. The SMILES string of the molecule is CCCN(CCNc1ccnc2cc(C)ccc12)CCNc1ccc(C)c2sc3ccccc3c(=O)c12. The summed E-state index contributed by atoms with van der Waals surface area (Å²) in [5, 5.41) is 9.97. The van der Waals surface area contributed by atoms with Gasteiger partial charge < -0.3 is 10.6 Å². The Hall–Kier alpha value is -3.48. The maximum Gasteiger partial charge on any atom is 0.197 e. The molecule has 0 radical (unpaired) electrons. The second-order valence-electron chi connectivity index (χ2n) is 9.64. The van der Waals surface area contributed by atoms with Gasteiger partial charge in [-0.05, 0) is 68.3 Å². The van der Waals surface area contributed by atoms with E-state index in [2.05, 4.69) is 77.7 Å². The molecule has 5 aromatic rings. The Labute approximate surface area is 222 Å². The van der Waals surface area contributed by atoms with Gasteiger partial charge in [0.25, 0.3) is 0 Å². The van der Waals surface area contributed by atoms with Crippen molar-refractivity contribution in [1.29, 1.82) is 0 Å². The normalized spacial score (nSPS) is 11.6. The Bertz CT molecular complexity index is 1610. The Morgan fingerprint density at radius 3 is 2.46 bits per heavy atom. The third kappa shape index (κ3) is 5.45. The number of nitrogens with one attached hydrogen (secondary N) is 2. The summed E-state index contributed by atoms with van der Waals surface area (Å²) in [6, 6.07) is 20.5. The van der Waals surface area contributed by atoms with Crippen molar-refractivity contribution in [1.82, 2.24) is 9.88 Å². The molecule has 0 aliphatic rings. The first kappa shape index (κ1) is 25.2. The first-order valence-corrected chi connectivity index (χ1v) is 13.9. The number of aryl methyl sites for hydroxylation is 2. The average molecular weight is 511 g/mol. The van der Waals surface area contributed by atoms with Crippen LogP contribution in [0.4, 0.5) is 11.4 Å². The molecule has 3 aromatic carbocycles. The van der Waals surface area contributed by atoms with Crippen molar-refractivity contribution >= 4 is 53.8 Å². The molecule has 2 aromatic heterocycles. The number of fused-ring (bicyclic) bond motifs is 3. The van der Waals surface area contributed by atoms with E-state index in [1.54, 1.807) is 11.3 Å². The van der Waals surface area contributed by atoms with E-state index in [4.69, 9.17) is 0 Å². The number of pyridine rings is 1. The van der Waals surface area contributed by atoms with Gasteiger partial charge >= 0.3 is 0 Å². The number of nitrogens with zero attached hydrogens (tertiary/aromatic N) is 2. The molecule has 0 atom stereocenters. The molecule has 0 aliphatic heterocycles. The Balaban J connectivity index is 1.26. The molecule has 37 heavy (non-hydrogen) atoms. The standard InChI is InChI=1S/C31H34N4OS/c1-4-17-35(18-15-33-25-13-14-32-27-20-21(2)9-11-23(25)27)19-16-34-26-12-10-22(3)31-29(26)30(36)24-7-5-6-8-28(24)37-31/h5-14,20,34H,4,15-19H2,1-3H3,(H,32,33). The van der Waals surface area contributed by atoms with E-state index < -0.39 is 0 Å². The van der Waals surface area contributed by atoms with Crippen LogP contribution in [0.15, 0.2) is 71.7 Å². The second kappa shape index (κ2) is 11.3. The van der Waals surface area contributed by atoms with Gasteiger partial charge in [-0.3, -0.25) is 14.7 Å². The molecule has 190 valence electrons. The minimum Gasteiger partial charge on any atom is -0.383 e. The maximum absolute atomic E-state index is 13.4. The summed E-state index contributed by atoms with van der Waals surface area (Å²) in [7, 11) is 0. The van der Waals surface area contributed by atoms with Crippen LogP contribution in [-0.4, -0.2) is 42.6 Å². The van der Waals surface area contributed by atoms with Gasteiger partial charge in [0.2, 0.25) is 0 Å². The molecule has 5 rings (SSSR count). The first-order valence-electron chi connectivity index (χ1n) is 13.1. The molecule has 0 aliphatic carbocycles. The highest BCUT2D eigenvalue weighted by Gasteiger charge is 2.12. The van der Waals surface area contributed by atoms with Crippen LogP contribution in [-0.2, 0) is 0 Å². The van der Waals surface area contributed by atoms with Crippen LogP contribution in [0.25, 0.3) is 31.1 Å². The fourth-order valence-electron chi connectivity index (χ4n) is 4.94. The van der Waals surface area contributed by atoms with E-state index in [1.807, 2.05) is 30.5 Å². The lowest BCUT2D eigenvalue weighted by molar-refractivity contribution is 0.295. The smallest absolute Gasteiger partial charge is 0.197 e. The van der Waals surface area contributed by atoms with Crippen molar-refractivity contribution in [3.8, 4) is 0 Å². The highest BCUT2D eigenvalue weighted by molar-refractivity contribution is 7.24. The van der Waals surface area contributed by atoms with Crippen molar-refractivity contribution in [3.05, 3.63) is 88.2 Å². The molecular formula is C31H34N4OS. The fourth-order valence-corrected chi connectivity index (χ4v) is 6.11. The molecule has 2 N–H and O–H groups in total. The molecule has 2 heterocycles. The van der Waals surface area contributed by atoms with E-state index in [-0.39, 0.29) is 5.43 Å². The van der Waals surface area contributed by atoms with E-state index in [0.29, 0.717) is 0 Å². The Morgan fingerprint density at radius 2 is 1.65 bits per heavy atom. The summed E-state index contributed by atoms with van der Waals surface area (Å²) >= 11 is 1.70. The average Bonchev–Trinajstić information content (AvgIpc) is 2.90.